The number of carbonyl (C=O) groups is 1. The number of hydrogen-bond donors (Lipinski definition) is 2. The third-order valence-electron chi connectivity index (χ3n) is 5.89. The van der Waals surface area contributed by atoms with Gasteiger partial charge in [-0.3, -0.25) is 9.36 Å². The number of carbonyl (C=O) groups excluding carboxylic acids is 1. The summed E-state index contributed by atoms with van der Waals surface area (Å²) >= 11 is 6.17. The molecule has 0 spiro atoms. The molecular weight excluding hydrogens is 420 g/mol. The molecule has 4 aromatic rings. The van der Waals surface area contributed by atoms with E-state index in [1.54, 1.807) is 0 Å². The van der Waals surface area contributed by atoms with E-state index >= 15 is 0 Å². The van der Waals surface area contributed by atoms with Crippen LogP contribution in [0, 0.1) is 13.8 Å². The van der Waals surface area contributed by atoms with Crippen molar-refractivity contribution in [3.63, 3.8) is 0 Å². The molecule has 0 fully saturated rings. The predicted molar refractivity (Wildman–Crippen MR) is 130 cm³/mol. The van der Waals surface area contributed by atoms with Gasteiger partial charge in [0.05, 0.1) is 22.6 Å². The Hall–Kier alpha value is -3.57. The van der Waals surface area contributed by atoms with Gasteiger partial charge in [-0.1, -0.05) is 53.6 Å². The van der Waals surface area contributed by atoms with Gasteiger partial charge in [0, 0.05) is 16.4 Å². The number of anilines is 2. The van der Waals surface area contributed by atoms with Crippen LogP contribution in [0.4, 0.5) is 11.6 Å². The minimum Gasteiger partial charge on any atom is -0.329 e. The number of aromatic nitrogens is 2. The first kappa shape index (κ1) is 20.3. The molecule has 0 aliphatic carbocycles. The van der Waals surface area contributed by atoms with Crippen LogP contribution in [0.1, 0.15) is 29.7 Å². The van der Waals surface area contributed by atoms with Gasteiger partial charge in [0.2, 0.25) is 5.95 Å². The van der Waals surface area contributed by atoms with Crippen molar-refractivity contribution >= 4 is 40.2 Å². The van der Waals surface area contributed by atoms with E-state index in [1.165, 1.54) is 0 Å². The summed E-state index contributed by atoms with van der Waals surface area (Å²) in [6.07, 6.45) is 0. The second kappa shape index (κ2) is 7.84. The van der Waals surface area contributed by atoms with Gasteiger partial charge >= 0.3 is 0 Å². The number of fused-ring (bicyclic) bond motifs is 3. The number of nitrogens with zero attached hydrogens (tertiary/aromatic N) is 2. The maximum Gasteiger partial charge on any atom is 0.255 e. The van der Waals surface area contributed by atoms with Crippen molar-refractivity contribution in [2.45, 2.75) is 26.8 Å². The summed E-state index contributed by atoms with van der Waals surface area (Å²) in [6, 6.07) is 21.3. The van der Waals surface area contributed by atoms with Crippen molar-refractivity contribution in [3.05, 3.63) is 99.7 Å². The number of imidazole rings is 1. The largest absolute Gasteiger partial charge is 0.329 e. The lowest BCUT2D eigenvalue weighted by Gasteiger charge is -2.31. The molecular formula is C26H23ClN4O. The van der Waals surface area contributed by atoms with Crippen LogP contribution in [0.3, 0.4) is 0 Å². The van der Waals surface area contributed by atoms with E-state index in [2.05, 4.69) is 21.3 Å². The summed E-state index contributed by atoms with van der Waals surface area (Å²) in [5.74, 6) is 0.567. The highest BCUT2D eigenvalue weighted by Crippen LogP contribution is 2.39. The molecule has 0 radical (unpaired) electrons. The maximum atomic E-state index is 13.7. The van der Waals surface area contributed by atoms with E-state index in [0.29, 0.717) is 16.5 Å². The van der Waals surface area contributed by atoms with Gasteiger partial charge in [-0.25, -0.2) is 4.98 Å². The van der Waals surface area contributed by atoms with Crippen LogP contribution in [-0.2, 0) is 4.79 Å². The van der Waals surface area contributed by atoms with Gasteiger partial charge in [-0.05, 0) is 62.2 Å². The molecule has 5 rings (SSSR count). The Balaban J connectivity index is 1.65. The first-order chi connectivity index (χ1) is 15.4. The Morgan fingerprint density at radius 1 is 1.03 bits per heavy atom. The first-order valence-electron chi connectivity index (χ1n) is 10.5. The molecule has 0 bridgehead atoms. The molecule has 0 unspecified atom stereocenters. The lowest BCUT2D eigenvalue weighted by molar-refractivity contribution is -0.113. The van der Waals surface area contributed by atoms with Crippen LogP contribution in [0.15, 0.2) is 78.0 Å². The van der Waals surface area contributed by atoms with Crippen LogP contribution < -0.4 is 10.6 Å². The second-order valence-corrected chi connectivity index (χ2v) is 8.62. The molecule has 1 atom stereocenters. The van der Waals surface area contributed by atoms with Gasteiger partial charge in [0.15, 0.2) is 0 Å². The average Bonchev–Trinajstić information content (AvgIpc) is 3.13. The van der Waals surface area contributed by atoms with Gasteiger partial charge in [0.1, 0.15) is 0 Å². The topological polar surface area (TPSA) is 59.0 Å². The second-order valence-electron chi connectivity index (χ2n) is 8.18. The Morgan fingerprint density at radius 2 is 1.78 bits per heavy atom. The molecule has 160 valence electrons. The summed E-state index contributed by atoms with van der Waals surface area (Å²) < 4.78 is 2.09. The highest BCUT2D eigenvalue weighted by molar-refractivity contribution is 6.30. The SMILES string of the molecule is CC1=C(C(=O)Nc2ccc(C)cc2C)[C@H](c2ccc(Cl)cc2)n2c(nc3ccccc32)N1. The molecule has 1 aromatic heterocycles. The monoisotopic (exact) mass is 442 g/mol. The Bertz CT molecular complexity index is 1380. The van der Waals surface area contributed by atoms with Gasteiger partial charge in [-0.2, -0.15) is 0 Å². The molecule has 2 N–H and O–H groups in total. The highest BCUT2D eigenvalue weighted by Gasteiger charge is 2.34. The summed E-state index contributed by atoms with van der Waals surface area (Å²) in [4.78, 5) is 18.4. The van der Waals surface area contributed by atoms with Gasteiger partial charge in [-0.15, -0.1) is 0 Å². The van der Waals surface area contributed by atoms with Crippen molar-refractivity contribution in [2.24, 2.45) is 0 Å². The molecule has 0 saturated heterocycles. The molecule has 3 aromatic carbocycles. The summed E-state index contributed by atoms with van der Waals surface area (Å²) in [5, 5.41) is 7.12. The van der Waals surface area contributed by atoms with Crippen LogP contribution in [0.25, 0.3) is 11.0 Å². The zero-order chi connectivity index (χ0) is 22.4. The molecule has 6 heteroatoms. The molecule has 32 heavy (non-hydrogen) atoms. The predicted octanol–water partition coefficient (Wildman–Crippen LogP) is 6.23. The summed E-state index contributed by atoms with van der Waals surface area (Å²) in [7, 11) is 0. The number of para-hydroxylation sites is 2. The first-order valence-corrected chi connectivity index (χ1v) is 10.9. The fourth-order valence-corrected chi connectivity index (χ4v) is 4.49. The van der Waals surface area contributed by atoms with Crippen LogP contribution in [0.5, 0.6) is 0 Å². The summed E-state index contributed by atoms with van der Waals surface area (Å²) in [5.41, 5.74) is 7.19. The van der Waals surface area contributed by atoms with Crippen molar-refractivity contribution in [1.82, 2.24) is 9.55 Å². The number of rotatable bonds is 3. The number of aryl methyl sites for hydroxylation is 2. The smallest absolute Gasteiger partial charge is 0.255 e. The van der Waals surface area contributed by atoms with Gasteiger partial charge < -0.3 is 10.6 Å². The van der Waals surface area contributed by atoms with Crippen molar-refractivity contribution in [3.8, 4) is 0 Å². The number of benzene rings is 3. The fourth-order valence-electron chi connectivity index (χ4n) is 4.36. The standard InChI is InChI=1S/C26H23ClN4O/c1-15-8-13-20(16(2)14-15)29-25(32)23-17(3)28-26-30-21-6-4-5-7-22(21)31(26)24(23)18-9-11-19(27)12-10-18/h4-14,24H,1-3H3,(H,28,30)(H,29,32)/t24-/m0/s1. The number of amides is 1. The van der Waals surface area contributed by atoms with Crippen molar-refractivity contribution in [2.75, 3.05) is 10.6 Å². The Morgan fingerprint density at radius 3 is 2.53 bits per heavy atom. The maximum absolute atomic E-state index is 13.7. The lowest BCUT2D eigenvalue weighted by Crippen LogP contribution is -2.31. The van der Waals surface area contributed by atoms with Crippen LogP contribution in [-0.4, -0.2) is 15.5 Å². The van der Waals surface area contributed by atoms with E-state index in [-0.39, 0.29) is 11.9 Å². The van der Waals surface area contributed by atoms with E-state index in [0.717, 1.165) is 39.1 Å². The van der Waals surface area contributed by atoms with Crippen LogP contribution in [0.2, 0.25) is 5.02 Å². The zero-order valence-corrected chi connectivity index (χ0v) is 18.9. The molecule has 1 amide bonds. The Kier molecular flexibility index (Phi) is 4.98. The minimum atomic E-state index is -0.346. The highest BCUT2D eigenvalue weighted by atomic mass is 35.5. The average molecular weight is 443 g/mol. The van der Waals surface area contributed by atoms with E-state index in [1.807, 2.05) is 81.4 Å². The molecule has 1 aliphatic heterocycles. The fraction of sp³-hybridized carbons (Fsp3) is 0.154. The van der Waals surface area contributed by atoms with Crippen molar-refractivity contribution < 1.29 is 4.79 Å². The third-order valence-corrected chi connectivity index (χ3v) is 6.14. The van der Waals surface area contributed by atoms with E-state index in [9.17, 15) is 4.79 Å². The zero-order valence-electron chi connectivity index (χ0n) is 18.1. The normalized spacial score (nSPS) is 15.4. The third kappa shape index (κ3) is 3.45. The van der Waals surface area contributed by atoms with Crippen molar-refractivity contribution in [1.29, 1.82) is 0 Å². The molecule has 2 heterocycles. The lowest BCUT2D eigenvalue weighted by atomic mass is 9.94. The number of allylic oxidation sites excluding steroid dienone is 1. The van der Waals surface area contributed by atoms with Crippen LogP contribution >= 0.6 is 11.6 Å². The quantitative estimate of drug-likeness (QED) is 0.395. The molecule has 0 saturated carbocycles. The molecule has 5 nitrogen and oxygen atoms in total. The minimum absolute atomic E-state index is 0.148. The number of hydrogen-bond acceptors (Lipinski definition) is 3. The molecule has 1 aliphatic rings. The number of nitrogens with one attached hydrogen (secondary N) is 2. The van der Waals surface area contributed by atoms with Gasteiger partial charge in [0.25, 0.3) is 5.91 Å². The van der Waals surface area contributed by atoms with E-state index < -0.39 is 0 Å². The number of halogens is 1. The Labute approximate surface area is 191 Å². The summed E-state index contributed by atoms with van der Waals surface area (Å²) in [6.45, 7) is 5.96. The van der Waals surface area contributed by atoms with E-state index in [4.69, 9.17) is 16.6 Å².